The Morgan fingerprint density at radius 1 is 1.38 bits per heavy atom. The van der Waals surface area contributed by atoms with Gasteiger partial charge in [-0.15, -0.1) is 0 Å². The van der Waals surface area contributed by atoms with Crippen molar-refractivity contribution in [2.45, 2.75) is 38.6 Å². The number of rotatable bonds is 3. The third kappa shape index (κ3) is 2.59. The fourth-order valence-electron chi connectivity index (χ4n) is 2.88. The van der Waals surface area contributed by atoms with Crippen LogP contribution in [0.25, 0.3) is 0 Å². The lowest BCUT2D eigenvalue weighted by molar-refractivity contribution is 0.227. The minimum atomic E-state index is 0.372. The highest BCUT2D eigenvalue weighted by molar-refractivity contribution is 5.04. The van der Waals surface area contributed by atoms with E-state index in [1.807, 2.05) is 13.2 Å². The molecule has 1 aromatic heterocycles. The molecule has 1 N–H and O–H groups in total. The van der Waals surface area contributed by atoms with E-state index in [2.05, 4.69) is 22.2 Å². The van der Waals surface area contributed by atoms with Crippen LogP contribution in [0.2, 0.25) is 0 Å². The molecule has 1 heterocycles. The fraction of sp³-hybridized carbons (Fsp3) is 0.692. The molecule has 0 saturated heterocycles. The summed E-state index contributed by atoms with van der Waals surface area (Å²) in [7, 11) is 2.03. The second-order valence-electron chi connectivity index (χ2n) is 4.93. The van der Waals surface area contributed by atoms with Gasteiger partial charge in [-0.3, -0.25) is 9.97 Å². The molecule has 88 valence electrons. The number of hydrogen-bond acceptors (Lipinski definition) is 3. The molecule has 3 heteroatoms. The maximum absolute atomic E-state index is 4.43. The second-order valence-corrected chi connectivity index (χ2v) is 4.93. The Balaban J connectivity index is 2.10. The first-order chi connectivity index (χ1) is 7.81. The van der Waals surface area contributed by atoms with E-state index < -0.39 is 0 Å². The van der Waals surface area contributed by atoms with Crippen molar-refractivity contribution < 1.29 is 0 Å². The van der Waals surface area contributed by atoms with E-state index in [9.17, 15) is 0 Å². The molecule has 1 aliphatic carbocycles. The quantitative estimate of drug-likeness (QED) is 0.849. The molecule has 0 spiro atoms. The van der Waals surface area contributed by atoms with Gasteiger partial charge in [0.05, 0.1) is 11.7 Å². The fourth-order valence-corrected chi connectivity index (χ4v) is 2.88. The first-order valence-electron chi connectivity index (χ1n) is 6.24. The number of nitrogens with one attached hydrogen (secondary N) is 1. The zero-order chi connectivity index (χ0) is 11.4. The van der Waals surface area contributed by atoms with Crippen molar-refractivity contribution in [1.29, 1.82) is 0 Å². The van der Waals surface area contributed by atoms with Crippen LogP contribution >= 0.6 is 0 Å². The molecule has 3 nitrogen and oxygen atoms in total. The zero-order valence-electron chi connectivity index (χ0n) is 10.2. The predicted molar refractivity (Wildman–Crippen MR) is 65.0 cm³/mol. The molecule has 1 aliphatic rings. The second kappa shape index (κ2) is 5.39. The van der Waals surface area contributed by atoms with Gasteiger partial charge in [-0.1, -0.05) is 19.8 Å². The van der Waals surface area contributed by atoms with Gasteiger partial charge in [0.1, 0.15) is 0 Å². The Kier molecular flexibility index (Phi) is 3.88. The van der Waals surface area contributed by atoms with Gasteiger partial charge in [-0.05, 0) is 31.7 Å². The van der Waals surface area contributed by atoms with E-state index in [0.29, 0.717) is 12.0 Å². The van der Waals surface area contributed by atoms with Crippen molar-refractivity contribution in [1.82, 2.24) is 15.3 Å². The summed E-state index contributed by atoms with van der Waals surface area (Å²) in [5.41, 5.74) is 1.09. The molecule has 1 aromatic rings. The first kappa shape index (κ1) is 11.5. The molecule has 3 unspecified atom stereocenters. The number of aromatic nitrogens is 2. The van der Waals surface area contributed by atoms with Crippen LogP contribution in [0.4, 0.5) is 0 Å². The van der Waals surface area contributed by atoms with Crippen molar-refractivity contribution in [3.63, 3.8) is 0 Å². The van der Waals surface area contributed by atoms with E-state index in [4.69, 9.17) is 0 Å². The first-order valence-corrected chi connectivity index (χ1v) is 6.24. The number of hydrogen-bond donors (Lipinski definition) is 1. The molecule has 0 bridgehead atoms. The van der Waals surface area contributed by atoms with Crippen molar-refractivity contribution in [2.75, 3.05) is 7.05 Å². The molecule has 0 aromatic carbocycles. The number of nitrogens with zero attached hydrogens (tertiary/aromatic N) is 2. The molecular weight excluding hydrogens is 198 g/mol. The lowest BCUT2D eigenvalue weighted by Gasteiger charge is -2.32. The minimum Gasteiger partial charge on any atom is -0.311 e. The molecule has 16 heavy (non-hydrogen) atoms. The molecular formula is C13H21N3. The smallest absolute Gasteiger partial charge is 0.0758 e. The van der Waals surface area contributed by atoms with Crippen LogP contribution in [0.5, 0.6) is 0 Å². The van der Waals surface area contributed by atoms with Gasteiger partial charge in [-0.25, -0.2) is 0 Å². The van der Waals surface area contributed by atoms with Crippen LogP contribution in [0.15, 0.2) is 18.6 Å². The van der Waals surface area contributed by atoms with Crippen LogP contribution in [-0.4, -0.2) is 17.0 Å². The van der Waals surface area contributed by atoms with Gasteiger partial charge in [0, 0.05) is 18.6 Å². The molecule has 0 aliphatic heterocycles. The topological polar surface area (TPSA) is 37.8 Å². The van der Waals surface area contributed by atoms with Gasteiger partial charge < -0.3 is 5.32 Å². The van der Waals surface area contributed by atoms with Gasteiger partial charge in [0.25, 0.3) is 0 Å². The summed E-state index contributed by atoms with van der Waals surface area (Å²) in [6.07, 6.45) is 10.8. The highest BCUT2D eigenvalue weighted by Gasteiger charge is 2.27. The molecule has 2 rings (SSSR count). The van der Waals surface area contributed by atoms with Crippen LogP contribution in [0, 0.1) is 11.8 Å². The highest BCUT2D eigenvalue weighted by atomic mass is 14.9. The summed E-state index contributed by atoms with van der Waals surface area (Å²) >= 11 is 0. The van der Waals surface area contributed by atoms with Gasteiger partial charge in [0.2, 0.25) is 0 Å². The Bertz CT molecular complexity index is 312. The van der Waals surface area contributed by atoms with Crippen LogP contribution in [-0.2, 0) is 0 Å². The van der Waals surface area contributed by atoms with Gasteiger partial charge >= 0.3 is 0 Å². The molecule has 3 atom stereocenters. The Morgan fingerprint density at radius 2 is 2.25 bits per heavy atom. The average molecular weight is 219 g/mol. The largest absolute Gasteiger partial charge is 0.311 e. The third-order valence-electron chi connectivity index (χ3n) is 3.66. The molecule has 1 saturated carbocycles. The van der Waals surface area contributed by atoms with E-state index in [-0.39, 0.29) is 0 Å². The lowest BCUT2D eigenvalue weighted by atomic mass is 9.78. The zero-order valence-corrected chi connectivity index (χ0v) is 10.2. The van der Waals surface area contributed by atoms with Crippen LogP contribution < -0.4 is 5.32 Å². The maximum Gasteiger partial charge on any atom is 0.0758 e. The summed E-state index contributed by atoms with van der Waals surface area (Å²) in [4.78, 5) is 8.59. The average Bonchev–Trinajstić information content (AvgIpc) is 2.31. The monoisotopic (exact) mass is 219 g/mol. The summed E-state index contributed by atoms with van der Waals surface area (Å²) < 4.78 is 0. The Morgan fingerprint density at radius 3 is 2.88 bits per heavy atom. The van der Waals surface area contributed by atoms with Gasteiger partial charge in [-0.2, -0.15) is 0 Å². The lowest BCUT2D eigenvalue weighted by Crippen LogP contribution is -2.29. The predicted octanol–water partition coefficient (Wildman–Crippen LogP) is 2.56. The summed E-state index contributed by atoms with van der Waals surface area (Å²) in [5, 5.41) is 3.41. The maximum atomic E-state index is 4.43. The molecule has 0 amide bonds. The molecule has 1 fully saturated rings. The van der Waals surface area contributed by atoms with Crippen molar-refractivity contribution in [3.8, 4) is 0 Å². The SMILES string of the molecule is CNC(c1cnccn1)C1CCCC(C)C1. The van der Waals surface area contributed by atoms with E-state index in [1.165, 1.54) is 25.7 Å². The molecule has 0 radical (unpaired) electrons. The highest BCUT2D eigenvalue weighted by Crippen LogP contribution is 2.36. The van der Waals surface area contributed by atoms with Gasteiger partial charge in [0.15, 0.2) is 0 Å². The third-order valence-corrected chi connectivity index (χ3v) is 3.66. The van der Waals surface area contributed by atoms with Crippen LogP contribution in [0.3, 0.4) is 0 Å². The van der Waals surface area contributed by atoms with Crippen molar-refractivity contribution >= 4 is 0 Å². The minimum absolute atomic E-state index is 0.372. The Hall–Kier alpha value is -0.960. The van der Waals surface area contributed by atoms with Crippen molar-refractivity contribution in [2.24, 2.45) is 11.8 Å². The normalized spacial score (nSPS) is 27.6. The van der Waals surface area contributed by atoms with E-state index >= 15 is 0 Å². The van der Waals surface area contributed by atoms with E-state index in [1.54, 1.807) is 12.4 Å². The Labute approximate surface area is 97.7 Å². The summed E-state index contributed by atoms with van der Waals surface area (Å²) in [6.45, 7) is 2.36. The van der Waals surface area contributed by atoms with E-state index in [0.717, 1.165) is 11.6 Å². The summed E-state index contributed by atoms with van der Waals surface area (Å²) in [5.74, 6) is 1.57. The van der Waals surface area contributed by atoms with Crippen molar-refractivity contribution in [3.05, 3.63) is 24.3 Å². The standard InChI is InChI=1S/C13H21N3/c1-10-4-3-5-11(8-10)13(14-2)12-9-15-6-7-16-12/h6-7,9-11,13-14H,3-5,8H2,1-2H3. The van der Waals surface area contributed by atoms with Crippen LogP contribution in [0.1, 0.15) is 44.3 Å². The summed E-state index contributed by atoms with van der Waals surface area (Å²) in [6, 6.07) is 0.372.